The smallest absolute Gasteiger partial charge is 0.248 e. The molecule has 0 aromatic heterocycles. The lowest BCUT2D eigenvalue weighted by atomic mass is 10.1. The largest absolute Gasteiger partial charge is 0.316 e. The number of halogens is 2. The summed E-state index contributed by atoms with van der Waals surface area (Å²) in [6.45, 7) is 0.388. The van der Waals surface area contributed by atoms with E-state index in [1.54, 1.807) is 17.0 Å². The summed E-state index contributed by atoms with van der Waals surface area (Å²) in [5.74, 6) is -0.114. The maximum atomic E-state index is 12.3. The van der Waals surface area contributed by atoms with Gasteiger partial charge in [-0.05, 0) is 23.8 Å². The van der Waals surface area contributed by atoms with E-state index in [4.69, 9.17) is 28.9 Å². The number of nitrogens with zero attached hydrogens (tertiary/aromatic N) is 1. The van der Waals surface area contributed by atoms with Crippen LogP contribution < -0.4 is 10.6 Å². The summed E-state index contributed by atoms with van der Waals surface area (Å²) in [7, 11) is 0. The highest BCUT2D eigenvalue weighted by Gasteiger charge is 2.34. The van der Waals surface area contributed by atoms with Crippen molar-refractivity contribution in [2.45, 2.75) is 12.6 Å². The van der Waals surface area contributed by atoms with Gasteiger partial charge in [0.1, 0.15) is 6.04 Å². The molecule has 2 aromatic rings. The van der Waals surface area contributed by atoms with Gasteiger partial charge in [-0.15, -0.1) is 0 Å². The number of nitrogens with two attached hydrogens (primary N) is 1. The number of carbonyl (C=O) groups excluding carboxylic acids is 1. The predicted molar refractivity (Wildman–Crippen MR) is 81.0 cm³/mol. The van der Waals surface area contributed by atoms with E-state index in [2.05, 4.69) is 0 Å². The van der Waals surface area contributed by atoms with Gasteiger partial charge in [-0.3, -0.25) is 4.79 Å². The van der Waals surface area contributed by atoms with E-state index in [-0.39, 0.29) is 5.91 Å². The van der Waals surface area contributed by atoms with E-state index in [0.29, 0.717) is 16.6 Å². The highest BCUT2D eigenvalue weighted by molar-refractivity contribution is 6.35. The Labute approximate surface area is 126 Å². The van der Waals surface area contributed by atoms with Crippen LogP contribution in [0.4, 0.5) is 5.69 Å². The van der Waals surface area contributed by atoms with E-state index < -0.39 is 6.04 Å². The van der Waals surface area contributed by atoms with Crippen LogP contribution in [0.3, 0.4) is 0 Å². The minimum atomic E-state index is -0.600. The normalized spacial score (nSPS) is 17.4. The number of amides is 1. The third-order valence-electron chi connectivity index (χ3n) is 3.44. The molecule has 1 aliphatic heterocycles. The quantitative estimate of drug-likeness (QED) is 0.922. The third kappa shape index (κ3) is 2.18. The first-order chi connectivity index (χ1) is 9.58. The van der Waals surface area contributed by atoms with Crippen LogP contribution in [-0.2, 0) is 11.3 Å². The highest BCUT2D eigenvalue weighted by Crippen LogP contribution is 2.36. The van der Waals surface area contributed by atoms with Crippen molar-refractivity contribution in [3.63, 3.8) is 0 Å². The van der Waals surface area contributed by atoms with Gasteiger partial charge in [0.2, 0.25) is 5.91 Å². The van der Waals surface area contributed by atoms with Gasteiger partial charge in [-0.1, -0.05) is 47.5 Å². The standard InChI is InChI=1S/C15H12Cl2N2O/c16-10-6-5-9(12(17)7-10)8-19-13-4-2-1-3-11(13)14(18)15(19)20/h1-7,14H,8,18H2. The summed E-state index contributed by atoms with van der Waals surface area (Å²) in [5.41, 5.74) is 8.48. The lowest BCUT2D eigenvalue weighted by Crippen LogP contribution is -2.31. The second kappa shape index (κ2) is 5.09. The Morgan fingerprint density at radius 2 is 1.90 bits per heavy atom. The molecule has 0 aliphatic carbocycles. The van der Waals surface area contributed by atoms with Gasteiger partial charge in [-0.25, -0.2) is 0 Å². The molecule has 5 heteroatoms. The van der Waals surface area contributed by atoms with Crippen molar-refractivity contribution in [3.05, 3.63) is 63.6 Å². The van der Waals surface area contributed by atoms with Crippen molar-refractivity contribution in [2.75, 3.05) is 4.90 Å². The van der Waals surface area contributed by atoms with Gasteiger partial charge < -0.3 is 10.6 Å². The van der Waals surface area contributed by atoms with Crippen LogP contribution >= 0.6 is 23.2 Å². The lowest BCUT2D eigenvalue weighted by molar-refractivity contribution is -0.119. The van der Waals surface area contributed by atoms with E-state index in [0.717, 1.165) is 16.8 Å². The predicted octanol–water partition coefficient (Wildman–Crippen LogP) is 3.54. The molecular weight excluding hydrogens is 295 g/mol. The summed E-state index contributed by atoms with van der Waals surface area (Å²) in [6, 6.07) is 12.2. The fraction of sp³-hybridized carbons (Fsp3) is 0.133. The number of hydrogen-bond donors (Lipinski definition) is 1. The summed E-state index contributed by atoms with van der Waals surface area (Å²) < 4.78 is 0. The van der Waals surface area contributed by atoms with Crippen molar-refractivity contribution in [3.8, 4) is 0 Å². The first-order valence-electron chi connectivity index (χ1n) is 6.18. The molecule has 0 fully saturated rings. The number of hydrogen-bond acceptors (Lipinski definition) is 2. The van der Waals surface area contributed by atoms with Gasteiger partial charge in [0, 0.05) is 21.3 Å². The molecule has 3 nitrogen and oxygen atoms in total. The van der Waals surface area contributed by atoms with Crippen molar-refractivity contribution >= 4 is 34.8 Å². The SMILES string of the molecule is NC1C(=O)N(Cc2ccc(Cl)cc2Cl)c2ccccc21. The fourth-order valence-corrected chi connectivity index (χ4v) is 2.87. The Morgan fingerprint density at radius 1 is 1.15 bits per heavy atom. The van der Waals surface area contributed by atoms with Crippen molar-refractivity contribution in [1.82, 2.24) is 0 Å². The molecule has 1 aliphatic rings. The molecule has 0 bridgehead atoms. The van der Waals surface area contributed by atoms with Crippen LogP contribution in [0.25, 0.3) is 0 Å². The zero-order valence-corrected chi connectivity index (χ0v) is 12.0. The maximum absolute atomic E-state index is 12.3. The van der Waals surface area contributed by atoms with Crippen LogP contribution in [-0.4, -0.2) is 5.91 Å². The van der Waals surface area contributed by atoms with Crippen molar-refractivity contribution < 1.29 is 4.79 Å². The molecule has 102 valence electrons. The molecule has 20 heavy (non-hydrogen) atoms. The van der Waals surface area contributed by atoms with Crippen molar-refractivity contribution in [1.29, 1.82) is 0 Å². The summed E-state index contributed by atoms with van der Waals surface area (Å²) in [5, 5.41) is 1.12. The number of anilines is 1. The fourth-order valence-electron chi connectivity index (χ4n) is 2.40. The number of carbonyl (C=O) groups is 1. The average Bonchev–Trinajstić information content (AvgIpc) is 2.67. The second-order valence-corrected chi connectivity index (χ2v) is 5.54. The zero-order valence-electron chi connectivity index (χ0n) is 10.5. The third-order valence-corrected chi connectivity index (χ3v) is 4.03. The number of rotatable bonds is 2. The average molecular weight is 307 g/mol. The topological polar surface area (TPSA) is 46.3 Å². The maximum Gasteiger partial charge on any atom is 0.248 e. The Morgan fingerprint density at radius 3 is 2.65 bits per heavy atom. The van der Waals surface area contributed by atoms with Crippen molar-refractivity contribution in [2.24, 2.45) is 5.73 Å². The molecule has 0 saturated carbocycles. The second-order valence-electron chi connectivity index (χ2n) is 4.70. The zero-order chi connectivity index (χ0) is 14.3. The molecule has 3 rings (SSSR count). The molecule has 2 N–H and O–H groups in total. The monoisotopic (exact) mass is 306 g/mol. The van der Waals surface area contributed by atoms with Gasteiger partial charge in [0.15, 0.2) is 0 Å². The molecular formula is C15H12Cl2N2O. The first-order valence-corrected chi connectivity index (χ1v) is 6.93. The number of para-hydroxylation sites is 1. The van der Waals surface area contributed by atoms with Crippen LogP contribution in [0.1, 0.15) is 17.2 Å². The number of fused-ring (bicyclic) bond motifs is 1. The summed E-state index contributed by atoms with van der Waals surface area (Å²) in [4.78, 5) is 13.9. The molecule has 1 amide bonds. The van der Waals surface area contributed by atoms with Gasteiger partial charge in [0.25, 0.3) is 0 Å². The molecule has 0 radical (unpaired) electrons. The van der Waals surface area contributed by atoms with E-state index >= 15 is 0 Å². The minimum absolute atomic E-state index is 0.114. The lowest BCUT2D eigenvalue weighted by Gasteiger charge is -2.18. The highest BCUT2D eigenvalue weighted by atomic mass is 35.5. The Bertz CT molecular complexity index is 687. The summed E-state index contributed by atoms with van der Waals surface area (Å²) >= 11 is 12.0. The van der Waals surface area contributed by atoms with E-state index in [9.17, 15) is 4.79 Å². The molecule has 1 unspecified atom stereocenters. The van der Waals surface area contributed by atoms with Crippen LogP contribution in [0.5, 0.6) is 0 Å². The Hall–Kier alpha value is -1.55. The van der Waals surface area contributed by atoms with Crippen LogP contribution in [0.15, 0.2) is 42.5 Å². The first kappa shape index (κ1) is 13.4. The number of benzene rings is 2. The molecule has 0 spiro atoms. The Kier molecular flexibility index (Phi) is 3.42. The van der Waals surface area contributed by atoms with Gasteiger partial charge in [0.05, 0.1) is 6.54 Å². The summed E-state index contributed by atoms with van der Waals surface area (Å²) in [6.07, 6.45) is 0. The van der Waals surface area contributed by atoms with Crippen LogP contribution in [0.2, 0.25) is 10.0 Å². The van der Waals surface area contributed by atoms with E-state index in [1.165, 1.54) is 0 Å². The van der Waals surface area contributed by atoms with E-state index in [1.807, 2.05) is 30.3 Å². The minimum Gasteiger partial charge on any atom is -0.316 e. The molecule has 0 saturated heterocycles. The molecule has 1 atom stereocenters. The van der Waals surface area contributed by atoms with Gasteiger partial charge in [-0.2, -0.15) is 0 Å². The molecule has 2 aromatic carbocycles. The molecule has 1 heterocycles. The van der Waals surface area contributed by atoms with Crippen LogP contribution in [0, 0.1) is 0 Å². The Balaban J connectivity index is 1.97. The van der Waals surface area contributed by atoms with Gasteiger partial charge >= 0.3 is 0 Å².